The van der Waals surface area contributed by atoms with Crippen LogP contribution in [-0.2, 0) is 28.5 Å². The highest BCUT2D eigenvalue weighted by molar-refractivity contribution is 5.69. The van der Waals surface area contributed by atoms with E-state index in [0.29, 0.717) is 45.7 Å². The average Bonchev–Trinajstić information content (AvgIpc) is 3.13. The van der Waals surface area contributed by atoms with Crippen LogP contribution < -0.4 is 0 Å². The second-order valence-corrected chi connectivity index (χ2v) is 14.6. The van der Waals surface area contributed by atoms with Crippen LogP contribution in [0, 0.1) is 0 Å². The van der Waals surface area contributed by atoms with Crippen molar-refractivity contribution in [2.75, 3.05) is 52.7 Å². The fourth-order valence-corrected chi connectivity index (χ4v) is 6.27. The molecule has 51 heavy (non-hydrogen) atoms. The summed E-state index contributed by atoms with van der Waals surface area (Å²) in [4.78, 5) is 26.7. The molecule has 1 N–H and O–H groups in total. The molecule has 0 saturated carbocycles. The number of carbonyl (C=O) groups is 2. The maximum atomic E-state index is 12.3. The molecular formula is C43H85NO7. The molecule has 0 heterocycles. The molecule has 0 rings (SSSR count). The lowest BCUT2D eigenvalue weighted by atomic mass is 10.1. The number of aliphatic hydroxyl groups excluding tert-OH is 1. The fraction of sp³-hybridized carbons (Fsp3) is 0.953. The molecule has 0 atom stereocenters. The second-order valence-electron chi connectivity index (χ2n) is 14.6. The van der Waals surface area contributed by atoms with E-state index in [0.717, 1.165) is 96.7 Å². The minimum Gasteiger partial charge on any atom is -0.466 e. The van der Waals surface area contributed by atoms with Crippen molar-refractivity contribution in [3.05, 3.63) is 0 Å². The summed E-state index contributed by atoms with van der Waals surface area (Å²) < 4.78 is 22.8. The number of carbonyl (C=O) groups excluding carboxylic acids is 2. The van der Waals surface area contributed by atoms with Gasteiger partial charge in [-0.1, -0.05) is 143 Å². The monoisotopic (exact) mass is 728 g/mol. The van der Waals surface area contributed by atoms with Crippen LogP contribution in [0.5, 0.6) is 0 Å². The topological polar surface area (TPSA) is 94.5 Å². The van der Waals surface area contributed by atoms with E-state index in [9.17, 15) is 14.7 Å². The maximum absolute atomic E-state index is 12.3. The smallest absolute Gasteiger partial charge is 0.305 e. The van der Waals surface area contributed by atoms with Crippen molar-refractivity contribution < 1.29 is 33.6 Å². The summed E-state index contributed by atoms with van der Waals surface area (Å²) in [6.07, 6.45) is 31.2. The molecule has 0 aromatic rings. The highest BCUT2D eigenvalue weighted by atomic mass is 16.7. The summed E-state index contributed by atoms with van der Waals surface area (Å²) in [5.41, 5.74) is 0. The van der Waals surface area contributed by atoms with Gasteiger partial charge in [-0.25, -0.2) is 0 Å². The molecule has 8 nitrogen and oxygen atoms in total. The number of aliphatic hydroxyl groups is 1. The van der Waals surface area contributed by atoms with Crippen LogP contribution in [0.4, 0.5) is 0 Å². The lowest BCUT2D eigenvalue weighted by molar-refractivity contribution is -0.159. The predicted octanol–water partition coefficient (Wildman–Crippen LogP) is 11.1. The highest BCUT2D eigenvalue weighted by Gasteiger charge is 2.13. The minimum atomic E-state index is -0.313. The summed E-state index contributed by atoms with van der Waals surface area (Å²) in [6, 6.07) is 0. The van der Waals surface area contributed by atoms with Gasteiger partial charge in [0, 0.05) is 32.6 Å². The van der Waals surface area contributed by atoms with Gasteiger partial charge in [0.15, 0.2) is 6.29 Å². The van der Waals surface area contributed by atoms with E-state index in [1.54, 1.807) is 0 Å². The Morgan fingerprint density at radius 3 is 1.29 bits per heavy atom. The Balaban J connectivity index is 3.80. The molecule has 0 amide bonds. The Hall–Kier alpha value is -1.22. The Morgan fingerprint density at radius 1 is 0.451 bits per heavy atom. The van der Waals surface area contributed by atoms with E-state index in [2.05, 4.69) is 25.7 Å². The van der Waals surface area contributed by atoms with Crippen LogP contribution in [0.1, 0.15) is 207 Å². The third-order valence-corrected chi connectivity index (χ3v) is 9.60. The van der Waals surface area contributed by atoms with Crippen LogP contribution in [0.2, 0.25) is 0 Å². The first-order chi connectivity index (χ1) is 25.1. The molecule has 0 aromatic heterocycles. The van der Waals surface area contributed by atoms with Crippen molar-refractivity contribution in [2.24, 2.45) is 0 Å². The molecule has 304 valence electrons. The van der Waals surface area contributed by atoms with Gasteiger partial charge in [0.2, 0.25) is 0 Å². The number of hydrogen-bond donors (Lipinski definition) is 1. The molecule has 0 aliphatic rings. The molecule has 0 bridgehead atoms. The van der Waals surface area contributed by atoms with E-state index < -0.39 is 0 Å². The number of ether oxygens (including phenoxy) is 4. The van der Waals surface area contributed by atoms with Crippen molar-refractivity contribution in [1.82, 2.24) is 4.90 Å². The first kappa shape index (κ1) is 49.8. The summed E-state index contributed by atoms with van der Waals surface area (Å²) in [5.74, 6) is -0.187. The first-order valence-corrected chi connectivity index (χ1v) is 21.9. The molecule has 0 radical (unpaired) electrons. The van der Waals surface area contributed by atoms with Crippen molar-refractivity contribution >= 4 is 11.9 Å². The molecule has 0 spiro atoms. The quantitative estimate of drug-likeness (QED) is 0.0377. The molecule has 0 aliphatic heterocycles. The predicted molar refractivity (Wildman–Crippen MR) is 212 cm³/mol. The van der Waals surface area contributed by atoms with Crippen LogP contribution in [0.3, 0.4) is 0 Å². The van der Waals surface area contributed by atoms with E-state index >= 15 is 0 Å². The van der Waals surface area contributed by atoms with Crippen molar-refractivity contribution in [3.8, 4) is 0 Å². The Morgan fingerprint density at radius 2 is 0.824 bits per heavy atom. The zero-order chi connectivity index (χ0) is 37.3. The molecule has 0 aromatic carbocycles. The SMILES string of the molecule is CCCCCCCCCOC(=O)CCCCCCCN(CCO)CCCCCCCCOC(=O)CCC(OCCCCCC)OCCCCCC. The van der Waals surface area contributed by atoms with E-state index in [4.69, 9.17) is 18.9 Å². The zero-order valence-corrected chi connectivity index (χ0v) is 34.1. The van der Waals surface area contributed by atoms with Crippen LogP contribution in [-0.4, -0.2) is 80.9 Å². The normalized spacial score (nSPS) is 11.6. The van der Waals surface area contributed by atoms with Gasteiger partial charge in [0.1, 0.15) is 0 Å². The van der Waals surface area contributed by atoms with Crippen molar-refractivity contribution in [1.29, 1.82) is 0 Å². The molecular weight excluding hydrogens is 642 g/mol. The minimum absolute atomic E-state index is 0.0358. The average molecular weight is 728 g/mol. The van der Waals surface area contributed by atoms with Gasteiger partial charge in [0.05, 0.1) is 26.2 Å². The number of unbranched alkanes of at least 4 members (excludes halogenated alkanes) is 21. The van der Waals surface area contributed by atoms with E-state index in [-0.39, 0.29) is 24.8 Å². The summed E-state index contributed by atoms with van der Waals surface area (Å²) in [5, 5.41) is 9.51. The molecule has 0 fully saturated rings. The molecule has 0 unspecified atom stereocenters. The van der Waals surface area contributed by atoms with Gasteiger partial charge in [0.25, 0.3) is 0 Å². The molecule has 0 aliphatic carbocycles. The standard InChI is InChI=1S/C43H85NO7/c1-4-7-10-13-15-21-28-37-48-41(46)30-23-18-17-20-25-34-44(35-36-45)33-24-19-14-16-22-29-38-49-42(47)31-32-43(50-39-26-11-8-5-2)51-40-27-12-9-6-3/h43,45H,4-40H2,1-3H3. The Kier molecular flexibility index (Phi) is 40.5. The lowest BCUT2D eigenvalue weighted by Gasteiger charge is -2.21. The number of nitrogens with zero attached hydrogens (tertiary/aromatic N) is 1. The molecule has 8 heteroatoms. The first-order valence-electron chi connectivity index (χ1n) is 21.9. The van der Waals surface area contributed by atoms with Crippen LogP contribution in [0.15, 0.2) is 0 Å². The van der Waals surface area contributed by atoms with Crippen molar-refractivity contribution in [3.63, 3.8) is 0 Å². The number of rotatable bonds is 42. The summed E-state index contributed by atoms with van der Waals surface area (Å²) >= 11 is 0. The lowest BCUT2D eigenvalue weighted by Crippen LogP contribution is -2.29. The van der Waals surface area contributed by atoms with Crippen LogP contribution in [0.25, 0.3) is 0 Å². The van der Waals surface area contributed by atoms with Gasteiger partial charge in [-0.3, -0.25) is 9.59 Å². The van der Waals surface area contributed by atoms with E-state index in [1.165, 1.54) is 89.9 Å². The van der Waals surface area contributed by atoms with Gasteiger partial charge in [-0.05, 0) is 58.0 Å². The van der Waals surface area contributed by atoms with E-state index in [1.807, 2.05) is 0 Å². The molecule has 0 saturated heterocycles. The van der Waals surface area contributed by atoms with Gasteiger partial charge < -0.3 is 29.0 Å². The van der Waals surface area contributed by atoms with Crippen molar-refractivity contribution in [2.45, 2.75) is 213 Å². The van der Waals surface area contributed by atoms with Gasteiger partial charge >= 0.3 is 11.9 Å². The number of hydrogen-bond acceptors (Lipinski definition) is 8. The third-order valence-electron chi connectivity index (χ3n) is 9.60. The van der Waals surface area contributed by atoms with Gasteiger partial charge in [-0.15, -0.1) is 0 Å². The third kappa shape index (κ3) is 38.3. The Bertz CT molecular complexity index is 708. The summed E-state index contributed by atoms with van der Waals surface area (Å²) in [6.45, 7) is 12.1. The fourth-order valence-electron chi connectivity index (χ4n) is 6.27. The van der Waals surface area contributed by atoms with Gasteiger partial charge in [-0.2, -0.15) is 0 Å². The Labute approximate surface area is 315 Å². The maximum Gasteiger partial charge on any atom is 0.305 e. The largest absolute Gasteiger partial charge is 0.466 e. The number of esters is 2. The summed E-state index contributed by atoms with van der Waals surface area (Å²) in [7, 11) is 0. The van der Waals surface area contributed by atoms with Crippen LogP contribution >= 0.6 is 0 Å². The highest BCUT2D eigenvalue weighted by Crippen LogP contribution is 2.13. The zero-order valence-electron chi connectivity index (χ0n) is 34.1. The second kappa shape index (κ2) is 41.5.